The Balaban J connectivity index is 1.74. The molecule has 4 aromatic rings. The second-order valence-corrected chi connectivity index (χ2v) is 7.46. The molecule has 150 valence electrons. The normalized spacial score (nSPS) is 11.0. The Morgan fingerprint density at radius 1 is 1.00 bits per heavy atom. The van der Waals surface area contributed by atoms with Crippen molar-refractivity contribution in [3.05, 3.63) is 106 Å². The van der Waals surface area contributed by atoms with Crippen LogP contribution >= 0.6 is 0 Å². The zero-order valence-electron chi connectivity index (χ0n) is 16.9. The summed E-state index contributed by atoms with van der Waals surface area (Å²) in [4.78, 5) is 31.8. The van der Waals surface area contributed by atoms with Gasteiger partial charge in [-0.05, 0) is 41.3 Å². The molecule has 0 fully saturated rings. The number of fused-ring (bicyclic) bond motifs is 1. The standard InChI is InChI=1S/C25H22N2O3/c1-17(2)19-12-10-18(11-13-19)16-27(23-9-5-6-14-26-23)24(28)21-15-20-7-3-4-8-22(20)30-25(21)29/h3-15,17H,16H2,1-2H3. The first-order chi connectivity index (χ1) is 14.5. The summed E-state index contributed by atoms with van der Waals surface area (Å²) in [5, 5.41) is 0.697. The van der Waals surface area contributed by atoms with Gasteiger partial charge in [-0.2, -0.15) is 0 Å². The summed E-state index contributed by atoms with van der Waals surface area (Å²) >= 11 is 0. The minimum Gasteiger partial charge on any atom is -0.422 e. The Morgan fingerprint density at radius 2 is 1.73 bits per heavy atom. The Kier molecular flexibility index (Phi) is 5.44. The molecule has 1 amide bonds. The van der Waals surface area contributed by atoms with Crippen molar-refractivity contribution < 1.29 is 9.21 Å². The minimum atomic E-state index is -0.658. The molecule has 5 heteroatoms. The van der Waals surface area contributed by atoms with Crippen molar-refractivity contribution in [3.8, 4) is 0 Å². The summed E-state index contributed by atoms with van der Waals surface area (Å²) < 4.78 is 5.37. The van der Waals surface area contributed by atoms with Gasteiger partial charge in [-0.1, -0.05) is 62.4 Å². The number of hydrogen-bond donors (Lipinski definition) is 0. The first-order valence-corrected chi connectivity index (χ1v) is 9.87. The Labute approximate surface area is 174 Å². The summed E-state index contributed by atoms with van der Waals surface area (Å²) in [7, 11) is 0. The first-order valence-electron chi connectivity index (χ1n) is 9.87. The maximum Gasteiger partial charge on any atom is 0.349 e. The van der Waals surface area contributed by atoms with Crippen LogP contribution in [-0.2, 0) is 6.54 Å². The molecule has 2 heterocycles. The molecule has 0 aliphatic heterocycles. The fourth-order valence-electron chi connectivity index (χ4n) is 3.32. The fourth-order valence-corrected chi connectivity index (χ4v) is 3.32. The number of nitrogens with zero attached hydrogens (tertiary/aromatic N) is 2. The highest BCUT2D eigenvalue weighted by molar-refractivity contribution is 6.06. The van der Waals surface area contributed by atoms with Crippen molar-refractivity contribution in [3.63, 3.8) is 0 Å². The molecular formula is C25H22N2O3. The molecule has 0 bridgehead atoms. The van der Waals surface area contributed by atoms with Crippen LogP contribution in [0.5, 0.6) is 0 Å². The first kappa shape index (κ1) is 19.6. The monoisotopic (exact) mass is 398 g/mol. The van der Waals surface area contributed by atoms with Crippen LogP contribution in [0.4, 0.5) is 5.82 Å². The molecule has 0 aliphatic carbocycles. The average molecular weight is 398 g/mol. The van der Waals surface area contributed by atoms with E-state index in [9.17, 15) is 9.59 Å². The van der Waals surface area contributed by atoms with Crippen LogP contribution in [0.2, 0.25) is 0 Å². The van der Waals surface area contributed by atoms with E-state index >= 15 is 0 Å². The Hall–Kier alpha value is -3.73. The number of pyridine rings is 1. The fraction of sp³-hybridized carbons (Fsp3) is 0.160. The summed E-state index contributed by atoms with van der Waals surface area (Å²) in [6, 6.07) is 22.2. The molecule has 4 rings (SSSR count). The van der Waals surface area contributed by atoms with Crippen molar-refractivity contribution in [1.29, 1.82) is 0 Å². The number of carbonyl (C=O) groups excluding carboxylic acids is 1. The molecular weight excluding hydrogens is 376 g/mol. The van der Waals surface area contributed by atoms with Crippen LogP contribution in [0.25, 0.3) is 11.0 Å². The summed E-state index contributed by atoms with van der Waals surface area (Å²) in [5.41, 5.74) is 1.95. The van der Waals surface area contributed by atoms with Gasteiger partial charge < -0.3 is 4.42 Å². The van der Waals surface area contributed by atoms with Gasteiger partial charge in [0.15, 0.2) is 0 Å². The van der Waals surface area contributed by atoms with Gasteiger partial charge >= 0.3 is 5.63 Å². The molecule has 0 atom stereocenters. The second kappa shape index (κ2) is 8.33. The number of para-hydroxylation sites is 1. The largest absolute Gasteiger partial charge is 0.422 e. The average Bonchev–Trinajstić information content (AvgIpc) is 2.77. The van der Waals surface area contributed by atoms with Gasteiger partial charge in [0, 0.05) is 11.6 Å². The third-order valence-corrected chi connectivity index (χ3v) is 5.03. The van der Waals surface area contributed by atoms with E-state index in [1.54, 1.807) is 36.5 Å². The molecule has 0 aliphatic rings. The number of rotatable bonds is 5. The highest BCUT2D eigenvalue weighted by atomic mass is 16.4. The molecule has 2 aromatic heterocycles. The molecule has 30 heavy (non-hydrogen) atoms. The van der Waals surface area contributed by atoms with Crippen molar-refractivity contribution in [2.24, 2.45) is 0 Å². The number of anilines is 1. The molecule has 2 aromatic carbocycles. The molecule has 0 N–H and O–H groups in total. The smallest absolute Gasteiger partial charge is 0.349 e. The van der Waals surface area contributed by atoms with E-state index in [0.717, 1.165) is 5.56 Å². The lowest BCUT2D eigenvalue weighted by Gasteiger charge is -2.22. The van der Waals surface area contributed by atoms with Gasteiger partial charge in [0.25, 0.3) is 5.91 Å². The lowest BCUT2D eigenvalue weighted by atomic mass is 10.0. The van der Waals surface area contributed by atoms with Crippen LogP contribution in [0, 0.1) is 0 Å². The van der Waals surface area contributed by atoms with E-state index in [1.807, 2.05) is 30.3 Å². The van der Waals surface area contributed by atoms with Gasteiger partial charge in [0.2, 0.25) is 0 Å². The van der Waals surface area contributed by atoms with Gasteiger partial charge in [0.05, 0.1) is 6.54 Å². The highest BCUT2D eigenvalue weighted by Gasteiger charge is 2.23. The minimum absolute atomic E-state index is 0.0156. The predicted octanol–water partition coefficient (Wildman–Crippen LogP) is 5.16. The van der Waals surface area contributed by atoms with E-state index in [2.05, 4.69) is 31.0 Å². The number of carbonyl (C=O) groups is 1. The zero-order chi connectivity index (χ0) is 21.1. The second-order valence-electron chi connectivity index (χ2n) is 7.46. The van der Waals surface area contributed by atoms with Gasteiger partial charge in [-0.3, -0.25) is 9.69 Å². The molecule has 5 nitrogen and oxygen atoms in total. The molecule has 0 saturated heterocycles. The maximum absolute atomic E-state index is 13.4. The van der Waals surface area contributed by atoms with E-state index in [-0.39, 0.29) is 5.56 Å². The summed E-state index contributed by atoms with van der Waals surface area (Å²) in [6.45, 7) is 4.57. The lowest BCUT2D eigenvalue weighted by Crippen LogP contribution is -2.34. The topological polar surface area (TPSA) is 63.4 Å². The van der Waals surface area contributed by atoms with Gasteiger partial charge in [-0.15, -0.1) is 0 Å². The third-order valence-electron chi connectivity index (χ3n) is 5.03. The number of hydrogen-bond acceptors (Lipinski definition) is 4. The van der Waals surface area contributed by atoms with Crippen LogP contribution in [0.3, 0.4) is 0 Å². The maximum atomic E-state index is 13.4. The molecule has 0 radical (unpaired) electrons. The van der Waals surface area contributed by atoms with Gasteiger partial charge in [-0.25, -0.2) is 9.78 Å². The van der Waals surface area contributed by atoms with Crippen molar-refractivity contribution >= 4 is 22.7 Å². The summed E-state index contributed by atoms with van der Waals surface area (Å²) in [6.07, 6.45) is 1.63. The Bertz CT molecular complexity index is 1230. The van der Waals surface area contributed by atoms with E-state index in [1.165, 1.54) is 10.5 Å². The third kappa shape index (κ3) is 4.01. The van der Waals surface area contributed by atoms with E-state index < -0.39 is 11.5 Å². The highest BCUT2D eigenvalue weighted by Crippen LogP contribution is 2.21. The Morgan fingerprint density at radius 3 is 2.43 bits per heavy atom. The summed E-state index contributed by atoms with van der Waals surface area (Å²) in [5.74, 6) is 0.457. The van der Waals surface area contributed by atoms with Crippen molar-refractivity contribution in [2.75, 3.05) is 4.90 Å². The SMILES string of the molecule is CC(C)c1ccc(CN(C(=O)c2cc3ccccc3oc2=O)c2ccccn2)cc1. The number of amides is 1. The van der Waals surface area contributed by atoms with Crippen molar-refractivity contribution in [1.82, 2.24) is 4.98 Å². The predicted molar refractivity (Wildman–Crippen MR) is 118 cm³/mol. The van der Waals surface area contributed by atoms with Crippen LogP contribution in [0.1, 0.15) is 41.3 Å². The molecule has 0 unspecified atom stereocenters. The molecule has 0 spiro atoms. The van der Waals surface area contributed by atoms with Gasteiger partial charge in [0.1, 0.15) is 17.0 Å². The lowest BCUT2D eigenvalue weighted by molar-refractivity contribution is 0.0981. The van der Waals surface area contributed by atoms with Crippen LogP contribution in [-0.4, -0.2) is 10.9 Å². The zero-order valence-corrected chi connectivity index (χ0v) is 16.9. The quantitative estimate of drug-likeness (QED) is 0.436. The number of benzene rings is 2. The van der Waals surface area contributed by atoms with Crippen LogP contribution < -0.4 is 10.5 Å². The molecule has 0 saturated carbocycles. The van der Waals surface area contributed by atoms with E-state index in [0.29, 0.717) is 29.2 Å². The number of aromatic nitrogens is 1. The van der Waals surface area contributed by atoms with E-state index in [4.69, 9.17) is 4.42 Å². The van der Waals surface area contributed by atoms with Crippen LogP contribution in [0.15, 0.2) is 88.2 Å². The van der Waals surface area contributed by atoms with Crippen molar-refractivity contribution in [2.45, 2.75) is 26.3 Å².